The van der Waals surface area contributed by atoms with E-state index in [1.807, 2.05) is 36.5 Å². The zero-order chi connectivity index (χ0) is 26.2. The second-order valence-corrected chi connectivity index (χ2v) is 11.1. The molecule has 3 aromatic rings. The Morgan fingerprint density at radius 3 is 2.56 bits per heavy atom. The SMILES string of the molecule is N#Cc1cc(Nc2nccc(-c3ccc(N4CCOCC4)nc3)n2)ccc1N1C[C@@H]2C[C@H]1CN2C1CCCC1. The lowest BCUT2D eigenvalue weighted by Gasteiger charge is -2.39. The smallest absolute Gasteiger partial charge is 0.227 e. The highest BCUT2D eigenvalue weighted by Gasteiger charge is 2.46. The molecule has 2 atom stereocenters. The molecule has 3 aliphatic heterocycles. The highest BCUT2D eigenvalue weighted by molar-refractivity contribution is 5.69. The monoisotopic (exact) mass is 522 g/mol. The topological polar surface area (TPSA) is 93.4 Å². The van der Waals surface area contributed by atoms with Crippen molar-refractivity contribution in [2.75, 3.05) is 54.5 Å². The van der Waals surface area contributed by atoms with Crippen molar-refractivity contribution in [1.82, 2.24) is 19.9 Å². The van der Waals surface area contributed by atoms with Crippen molar-refractivity contribution in [3.8, 4) is 17.3 Å². The summed E-state index contributed by atoms with van der Waals surface area (Å²) in [7, 11) is 0. The lowest BCUT2D eigenvalue weighted by Crippen LogP contribution is -2.50. The normalized spacial score (nSPS) is 23.4. The van der Waals surface area contributed by atoms with Gasteiger partial charge in [-0.15, -0.1) is 0 Å². The zero-order valence-electron chi connectivity index (χ0n) is 22.2. The molecule has 1 aromatic carbocycles. The van der Waals surface area contributed by atoms with Gasteiger partial charge in [0.05, 0.1) is 30.2 Å². The predicted molar refractivity (Wildman–Crippen MR) is 151 cm³/mol. The molecule has 9 nitrogen and oxygen atoms in total. The summed E-state index contributed by atoms with van der Waals surface area (Å²) in [5.41, 5.74) is 4.28. The van der Waals surface area contributed by atoms with Crippen molar-refractivity contribution in [1.29, 1.82) is 5.26 Å². The molecular weight excluding hydrogens is 488 g/mol. The fourth-order valence-electron chi connectivity index (χ4n) is 6.86. The molecule has 0 spiro atoms. The molecule has 0 unspecified atom stereocenters. The quantitative estimate of drug-likeness (QED) is 0.511. The fourth-order valence-corrected chi connectivity index (χ4v) is 6.86. The molecule has 2 bridgehead atoms. The Balaban J connectivity index is 1.04. The van der Waals surface area contributed by atoms with Gasteiger partial charge in [-0.1, -0.05) is 12.8 Å². The van der Waals surface area contributed by atoms with Crippen LogP contribution in [-0.4, -0.2) is 77.4 Å². The molecule has 5 heterocycles. The molecule has 0 amide bonds. The summed E-state index contributed by atoms with van der Waals surface area (Å²) in [5.74, 6) is 1.45. The Hall–Kier alpha value is -3.74. The van der Waals surface area contributed by atoms with Crippen molar-refractivity contribution in [3.63, 3.8) is 0 Å². The third-order valence-electron chi connectivity index (χ3n) is 8.79. The predicted octanol–water partition coefficient (Wildman–Crippen LogP) is 4.20. The number of benzene rings is 1. The number of nitrogens with zero attached hydrogens (tertiary/aromatic N) is 7. The van der Waals surface area contributed by atoms with Crippen LogP contribution in [0.15, 0.2) is 48.8 Å². The minimum atomic E-state index is 0.494. The first-order chi connectivity index (χ1) is 19.2. The number of nitriles is 1. The molecular formula is C30H34N8O. The van der Waals surface area contributed by atoms with Gasteiger partial charge in [-0.3, -0.25) is 4.90 Å². The van der Waals surface area contributed by atoms with Gasteiger partial charge in [0.25, 0.3) is 0 Å². The molecule has 4 aliphatic rings. The molecule has 3 saturated heterocycles. The minimum absolute atomic E-state index is 0.494. The van der Waals surface area contributed by atoms with Crippen molar-refractivity contribution in [2.45, 2.75) is 50.2 Å². The number of hydrogen-bond acceptors (Lipinski definition) is 9. The maximum Gasteiger partial charge on any atom is 0.227 e. The molecule has 4 fully saturated rings. The summed E-state index contributed by atoms with van der Waals surface area (Å²) < 4.78 is 5.44. The molecule has 2 aromatic heterocycles. The van der Waals surface area contributed by atoms with Gasteiger partial charge in [-0.05, 0) is 55.7 Å². The van der Waals surface area contributed by atoms with Crippen molar-refractivity contribution >= 4 is 23.1 Å². The largest absolute Gasteiger partial charge is 0.378 e. The highest BCUT2D eigenvalue weighted by atomic mass is 16.5. The van der Waals surface area contributed by atoms with Gasteiger partial charge in [0.15, 0.2) is 0 Å². The minimum Gasteiger partial charge on any atom is -0.378 e. The second kappa shape index (κ2) is 10.4. The van der Waals surface area contributed by atoms with E-state index in [4.69, 9.17) is 9.72 Å². The van der Waals surface area contributed by atoms with E-state index >= 15 is 0 Å². The molecule has 0 radical (unpaired) electrons. The first-order valence-corrected chi connectivity index (χ1v) is 14.2. The van der Waals surface area contributed by atoms with Crippen LogP contribution in [0.5, 0.6) is 0 Å². The van der Waals surface area contributed by atoms with Crippen molar-refractivity contribution in [3.05, 3.63) is 54.4 Å². The van der Waals surface area contributed by atoms with E-state index in [1.54, 1.807) is 6.20 Å². The third kappa shape index (κ3) is 4.79. The van der Waals surface area contributed by atoms with E-state index in [9.17, 15) is 5.26 Å². The Morgan fingerprint density at radius 2 is 1.82 bits per heavy atom. The Bertz CT molecular complexity index is 1360. The summed E-state index contributed by atoms with van der Waals surface area (Å²) in [6.45, 7) is 5.33. The summed E-state index contributed by atoms with van der Waals surface area (Å²) in [6.07, 6.45) is 10.3. The lowest BCUT2D eigenvalue weighted by molar-refractivity contribution is 0.122. The first kappa shape index (κ1) is 24.3. The summed E-state index contributed by atoms with van der Waals surface area (Å²) in [4.78, 5) is 21.2. The van der Waals surface area contributed by atoms with Gasteiger partial charge in [0.2, 0.25) is 5.95 Å². The van der Waals surface area contributed by atoms with Gasteiger partial charge in [0, 0.05) is 67.9 Å². The number of hydrogen-bond donors (Lipinski definition) is 1. The van der Waals surface area contributed by atoms with Crippen LogP contribution in [0, 0.1) is 11.3 Å². The van der Waals surface area contributed by atoms with Crippen molar-refractivity contribution < 1.29 is 4.74 Å². The number of aromatic nitrogens is 3. The van der Waals surface area contributed by atoms with Crippen LogP contribution < -0.4 is 15.1 Å². The third-order valence-corrected chi connectivity index (χ3v) is 8.79. The van der Waals surface area contributed by atoms with E-state index < -0.39 is 0 Å². The first-order valence-electron chi connectivity index (χ1n) is 14.2. The van der Waals surface area contributed by atoms with E-state index in [0.29, 0.717) is 23.6 Å². The number of ether oxygens (including phenoxy) is 1. The number of piperazine rings is 1. The Morgan fingerprint density at radius 1 is 0.949 bits per heavy atom. The van der Waals surface area contributed by atoms with Gasteiger partial charge in [-0.25, -0.2) is 15.0 Å². The van der Waals surface area contributed by atoms with Crippen LogP contribution >= 0.6 is 0 Å². The van der Waals surface area contributed by atoms with Crippen LogP contribution in [0.3, 0.4) is 0 Å². The Kier molecular flexibility index (Phi) is 6.51. The molecule has 9 heteroatoms. The zero-order valence-corrected chi connectivity index (χ0v) is 22.2. The van der Waals surface area contributed by atoms with Gasteiger partial charge < -0.3 is 19.9 Å². The summed E-state index contributed by atoms with van der Waals surface area (Å²) in [6, 6.07) is 16.3. The number of morpholine rings is 1. The van der Waals surface area contributed by atoms with E-state index in [0.717, 1.165) is 73.9 Å². The van der Waals surface area contributed by atoms with Crippen LogP contribution in [0.4, 0.5) is 23.1 Å². The highest BCUT2D eigenvalue weighted by Crippen LogP contribution is 2.40. The number of pyridine rings is 1. The molecule has 1 N–H and O–H groups in total. The van der Waals surface area contributed by atoms with Gasteiger partial charge >= 0.3 is 0 Å². The van der Waals surface area contributed by atoms with Crippen LogP contribution in [0.2, 0.25) is 0 Å². The van der Waals surface area contributed by atoms with E-state index in [-0.39, 0.29) is 0 Å². The number of fused-ring (bicyclic) bond motifs is 2. The number of nitrogens with one attached hydrogen (secondary N) is 1. The number of likely N-dealkylation sites (tertiary alicyclic amines) is 1. The van der Waals surface area contributed by atoms with Gasteiger partial charge in [-0.2, -0.15) is 5.26 Å². The van der Waals surface area contributed by atoms with Gasteiger partial charge in [0.1, 0.15) is 11.9 Å². The molecule has 1 aliphatic carbocycles. The van der Waals surface area contributed by atoms with E-state index in [2.05, 4.69) is 42.1 Å². The van der Waals surface area contributed by atoms with Crippen LogP contribution in [0.25, 0.3) is 11.3 Å². The van der Waals surface area contributed by atoms with Crippen molar-refractivity contribution in [2.24, 2.45) is 0 Å². The Labute approximate surface area is 229 Å². The molecule has 7 rings (SSSR count). The number of rotatable bonds is 6. The number of anilines is 4. The standard InChI is InChI=1S/C30H34N8O/c31-17-22-15-23(6-7-28(22)38-20-25-16-26(38)19-37(25)24-3-1-2-4-24)34-30-32-10-9-27(35-30)21-5-8-29(33-18-21)36-11-13-39-14-12-36/h5-10,15,18,24-26H,1-4,11-14,16,19-20H2,(H,32,34,35)/t25-,26-/m0/s1. The maximum atomic E-state index is 10.0. The molecule has 1 saturated carbocycles. The summed E-state index contributed by atoms with van der Waals surface area (Å²) in [5, 5.41) is 13.3. The molecule has 200 valence electrons. The van der Waals surface area contributed by atoms with Crippen LogP contribution in [-0.2, 0) is 4.74 Å². The maximum absolute atomic E-state index is 10.0. The molecule has 39 heavy (non-hydrogen) atoms. The second-order valence-electron chi connectivity index (χ2n) is 11.1. The lowest BCUT2D eigenvalue weighted by atomic mass is 10.1. The average Bonchev–Trinajstić information content (AvgIpc) is 3.76. The average molecular weight is 523 g/mol. The fraction of sp³-hybridized carbons (Fsp3) is 0.467. The summed E-state index contributed by atoms with van der Waals surface area (Å²) >= 11 is 0. The van der Waals surface area contributed by atoms with E-state index in [1.165, 1.54) is 32.1 Å². The van der Waals surface area contributed by atoms with Crippen LogP contribution in [0.1, 0.15) is 37.7 Å².